The minimum Gasteiger partial charge on any atom is -0.392 e. The topological polar surface area (TPSA) is 92.4 Å². The van der Waals surface area contributed by atoms with Gasteiger partial charge in [0.15, 0.2) is 0 Å². The van der Waals surface area contributed by atoms with Crippen molar-refractivity contribution in [2.24, 2.45) is 0 Å². The van der Waals surface area contributed by atoms with Crippen LogP contribution >= 0.6 is 0 Å². The van der Waals surface area contributed by atoms with Crippen molar-refractivity contribution in [3.8, 4) is 0 Å². The van der Waals surface area contributed by atoms with E-state index in [0.29, 0.717) is 11.3 Å². The lowest BCUT2D eigenvalue weighted by molar-refractivity contribution is 0.278. The Balaban J connectivity index is 2.20. The van der Waals surface area contributed by atoms with E-state index < -0.39 is 10.0 Å². The van der Waals surface area contributed by atoms with Crippen LogP contribution in [0.25, 0.3) is 0 Å². The van der Waals surface area contributed by atoms with Gasteiger partial charge in [-0.05, 0) is 11.6 Å². The van der Waals surface area contributed by atoms with E-state index in [1.54, 1.807) is 24.3 Å². The fourth-order valence-corrected chi connectivity index (χ4v) is 2.70. The van der Waals surface area contributed by atoms with Gasteiger partial charge in [0.05, 0.1) is 23.7 Å². The average Bonchev–Trinajstić information content (AvgIpc) is 2.89. The normalized spacial score (nSPS) is 11.6. The number of hydrogen-bond acceptors (Lipinski definition) is 5. The van der Waals surface area contributed by atoms with E-state index in [2.05, 4.69) is 14.4 Å². The molecular weight excluding hydrogens is 256 g/mol. The van der Waals surface area contributed by atoms with Crippen LogP contribution in [0.4, 0.5) is 0 Å². The van der Waals surface area contributed by atoms with E-state index in [4.69, 9.17) is 5.11 Å². The maximum Gasteiger partial charge on any atom is 0.241 e. The van der Waals surface area contributed by atoms with Crippen molar-refractivity contribution in [2.75, 3.05) is 0 Å². The SMILES string of the molecule is O=S(=O)(NCc1ccon1)c1ccccc1CO. The molecule has 2 N–H and O–H groups in total. The molecule has 96 valence electrons. The molecule has 6 nitrogen and oxygen atoms in total. The maximum atomic E-state index is 12.0. The molecule has 0 aliphatic heterocycles. The molecule has 0 unspecified atom stereocenters. The van der Waals surface area contributed by atoms with Crippen molar-refractivity contribution >= 4 is 10.0 Å². The van der Waals surface area contributed by atoms with Crippen LogP contribution in [-0.4, -0.2) is 18.7 Å². The largest absolute Gasteiger partial charge is 0.392 e. The van der Waals surface area contributed by atoms with Crippen molar-refractivity contribution in [3.05, 3.63) is 47.9 Å². The van der Waals surface area contributed by atoms with Crippen LogP contribution < -0.4 is 4.72 Å². The molecule has 0 atom stereocenters. The summed E-state index contributed by atoms with van der Waals surface area (Å²) in [5.41, 5.74) is 0.838. The van der Waals surface area contributed by atoms with Crippen molar-refractivity contribution in [1.29, 1.82) is 0 Å². The predicted octanol–water partition coefficient (Wildman–Crippen LogP) is 0.645. The number of aliphatic hydroxyl groups is 1. The summed E-state index contributed by atoms with van der Waals surface area (Å²) in [6, 6.07) is 7.84. The molecule has 7 heteroatoms. The van der Waals surface area contributed by atoms with Crippen LogP contribution in [0.5, 0.6) is 0 Å². The van der Waals surface area contributed by atoms with Gasteiger partial charge in [0.25, 0.3) is 0 Å². The van der Waals surface area contributed by atoms with Gasteiger partial charge in [-0.2, -0.15) is 0 Å². The number of hydrogen-bond donors (Lipinski definition) is 2. The summed E-state index contributed by atoms with van der Waals surface area (Å²) in [6.45, 7) is -0.292. The number of rotatable bonds is 5. The number of aromatic nitrogens is 1. The number of nitrogens with zero attached hydrogens (tertiary/aromatic N) is 1. The summed E-state index contributed by atoms with van der Waals surface area (Å²) in [4.78, 5) is 0.0657. The van der Waals surface area contributed by atoms with Crippen LogP contribution in [0.3, 0.4) is 0 Å². The van der Waals surface area contributed by atoms with E-state index >= 15 is 0 Å². The third kappa shape index (κ3) is 2.76. The van der Waals surface area contributed by atoms with Crippen molar-refractivity contribution in [1.82, 2.24) is 9.88 Å². The van der Waals surface area contributed by atoms with Crippen LogP contribution in [0.15, 0.2) is 46.0 Å². The van der Waals surface area contributed by atoms with Gasteiger partial charge >= 0.3 is 0 Å². The minimum atomic E-state index is -3.67. The number of aliphatic hydroxyl groups excluding tert-OH is 1. The highest BCUT2D eigenvalue weighted by Gasteiger charge is 2.17. The minimum absolute atomic E-state index is 0.0403. The lowest BCUT2D eigenvalue weighted by atomic mass is 10.2. The van der Waals surface area contributed by atoms with Gasteiger partial charge < -0.3 is 9.63 Å². The zero-order valence-corrected chi connectivity index (χ0v) is 10.2. The average molecular weight is 268 g/mol. The van der Waals surface area contributed by atoms with Gasteiger partial charge in [0.2, 0.25) is 10.0 Å². The molecule has 0 bridgehead atoms. The summed E-state index contributed by atoms with van der Waals surface area (Å²) in [7, 11) is -3.67. The van der Waals surface area contributed by atoms with Crippen molar-refractivity contribution < 1.29 is 18.0 Å². The van der Waals surface area contributed by atoms with Gasteiger partial charge in [0, 0.05) is 6.07 Å². The Morgan fingerprint density at radius 1 is 1.28 bits per heavy atom. The van der Waals surface area contributed by atoms with Crippen LogP contribution in [0, 0.1) is 0 Å². The Hall–Kier alpha value is -1.70. The number of nitrogens with one attached hydrogen (secondary N) is 1. The highest BCUT2D eigenvalue weighted by atomic mass is 32.2. The molecule has 0 fully saturated rings. The second-order valence-electron chi connectivity index (χ2n) is 3.58. The van der Waals surface area contributed by atoms with E-state index in [1.165, 1.54) is 12.3 Å². The monoisotopic (exact) mass is 268 g/mol. The third-order valence-electron chi connectivity index (χ3n) is 2.37. The highest BCUT2D eigenvalue weighted by molar-refractivity contribution is 7.89. The molecule has 18 heavy (non-hydrogen) atoms. The molecular formula is C11H12N2O4S. The maximum absolute atomic E-state index is 12.0. The first-order valence-corrected chi connectivity index (χ1v) is 6.69. The number of sulfonamides is 1. The predicted molar refractivity (Wildman–Crippen MR) is 62.9 cm³/mol. The molecule has 0 radical (unpaired) electrons. The summed E-state index contributed by atoms with van der Waals surface area (Å²) >= 11 is 0. The third-order valence-corrected chi connectivity index (χ3v) is 3.87. The molecule has 1 heterocycles. The molecule has 0 amide bonds. The fourth-order valence-electron chi connectivity index (χ4n) is 1.47. The molecule has 2 aromatic rings. The second-order valence-corrected chi connectivity index (χ2v) is 5.32. The van der Waals surface area contributed by atoms with Crippen LogP contribution in [0.1, 0.15) is 11.3 Å². The van der Waals surface area contributed by atoms with Crippen molar-refractivity contribution in [3.63, 3.8) is 0 Å². The highest BCUT2D eigenvalue weighted by Crippen LogP contribution is 2.15. The molecule has 0 aliphatic carbocycles. The standard InChI is InChI=1S/C11H12N2O4S/c14-8-9-3-1-2-4-11(9)18(15,16)12-7-10-5-6-17-13-10/h1-6,12,14H,7-8H2. The smallest absolute Gasteiger partial charge is 0.241 e. The molecule has 1 aromatic heterocycles. The lowest BCUT2D eigenvalue weighted by Crippen LogP contribution is -2.24. The van der Waals surface area contributed by atoms with Gasteiger partial charge in [-0.25, -0.2) is 13.1 Å². The lowest BCUT2D eigenvalue weighted by Gasteiger charge is -2.08. The van der Waals surface area contributed by atoms with Gasteiger partial charge in [0.1, 0.15) is 6.26 Å². The Labute approximate surface area is 104 Å². The number of benzene rings is 1. The Kier molecular flexibility index (Phi) is 3.75. The summed E-state index contributed by atoms with van der Waals surface area (Å²) in [6.07, 6.45) is 1.37. The van der Waals surface area contributed by atoms with E-state index in [0.717, 1.165) is 0 Å². The molecule has 0 saturated carbocycles. The van der Waals surface area contributed by atoms with E-state index in [9.17, 15) is 8.42 Å². The first kappa shape index (κ1) is 12.7. The van der Waals surface area contributed by atoms with Crippen LogP contribution in [-0.2, 0) is 23.2 Å². The molecule has 0 saturated heterocycles. The summed E-state index contributed by atoms with van der Waals surface area (Å²) < 4.78 is 31.0. The first-order valence-electron chi connectivity index (χ1n) is 5.21. The quantitative estimate of drug-likeness (QED) is 0.830. The molecule has 0 spiro atoms. The Morgan fingerprint density at radius 3 is 2.72 bits per heavy atom. The molecule has 0 aliphatic rings. The molecule has 2 rings (SSSR count). The van der Waals surface area contributed by atoms with E-state index in [1.807, 2.05) is 0 Å². The van der Waals surface area contributed by atoms with E-state index in [-0.39, 0.29) is 18.0 Å². The van der Waals surface area contributed by atoms with Crippen LogP contribution in [0.2, 0.25) is 0 Å². The first-order chi connectivity index (χ1) is 8.63. The van der Waals surface area contributed by atoms with Gasteiger partial charge in [-0.1, -0.05) is 23.4 Å². The van der Waals surface area contributed by atoms with Gasteiger partial charge in [-0.15, -0.1) is 0 Å². The molecule has 1 aromatic carbocycles. The zero-order chi connectivity index (χ0) is 13.0. The second kappa shape index (κ2) is 5.30. The van der Waals surface area contributed by atoms with Crippen molar-refractivity contribution in [2.45, 2.75) is 18.0 Å². The fraction of sp³-hybridized carbons (Fsp3) is 0.182. The van der Waals surface area contributed by atoms with Gasteiger partial charge in [-0.3, -0.25) is 0 Å². The Bertz CT molecular complexity index is 608. The zero-order valence-electron chi connectivity index (χ0n) is 9.41. The summed E-state index contributed by atoms with van der Waals surface area (Å²) in [5, 5.41) is 12.7. The Morgan fingerprint density at radius 2 is 2.06 bits per heavy atom. The summed E-state index contributed by atoms with van der Waals surface area (Å²) in [5.74, 6) is 0.